The van der Waals surface area contributed by atoms with Crippen molar-refractivity contribution in [2.75, 3.05) is 5.32 Å². The van der Waals surface area contributed by atoms with Gasteiger partial charge < -0.3 is 10.6 Å². The molecule has 7 nitrogen and oxygen atoms in total. The minimum absolute atomic E-state index is 0.198. The summed E-state index contributed by atoms with van der Waals surface area (Å²) in [6.45, 7) is 5.52. The first kappa shape index (κ1) is 22.4. The molecule has 0 saturated carbocycles. The Morgan fingerprint density at radius 1 is 1.06 bits per heavy atom. The predicted molar refractivity (Wildman–Crippen MR) is 131 cm³/mol. The van der Waals surface area contributed by atoms with Gasteiger partial charge in [-0.25, -0.2) is 4.98 Å². The molecule has 2 heterocycles. The SMILES string of the molecule is Cc1sc2ncn(CC(=O)Nc3ccccc3C(=O)NC(C)c3ccccc3)c(=O)c2c1C. The Kier molecular flexibility index (Phi) is 6.37. The van der Waals surface area contributed by atoms with Crippen molar-refractivity contribution in [2.45, 2.75) is 33.4 Å². The van der Waals surface area contributed by atoms with Gasteiger partial charge in [-0.2, -0.15) is 0 Å². The van der Waals surface area contributed by atoms with Gasteiger partial charge in [0.25, 0.3) is 11.5 Å². The number of aryl methyl sites for hydroxylation is 2. The van der Waals surface area contributed by atoms with Gasteiger partial charge in [0.15, 0.2) is 0 Å². The van der Waals surface area contributed by atoms with Crippen molar-refractivity contribution in [1.29, 1.82) is 0 Å². The molecule has 33 heavy (non-hydrogen) atoms. The maximum absolute atomic E-state index is 12.9. The molecule has 4 aromatic rings. The predicted octanol–water partition coefficient (Wildman–Crippen LogP) is 4.20. The minimum atomic E-state index is -0.417. The third-order valence-corrected chi connectivity index (χ3v) is 6.68. The van der Waals surface area contributed by atoms with E-state index in [2.05, 4.69) is 15.6 Å². The van der Waals surface area contributed by atoms with Crippen LogP contribution >= 0.6 is 11.3 Å². The molecule has 0 saturated heterocycles. The number of carbonyl (C=O) groups excluding carboxylic acids is 2. The Bertz CT molecular complexity index is 1390. The molecule has 0 spiro atoms. The molecule has 2 aromatic carbocycles. The third kappa shape index (κ3) is 4.70. The Morgan fingerprint density at radius 3 is 2.52 bits per heavy atom. The number of hydrogen-bond donors (Lipinski definition) is 2. The Morgan fingerprint density at radius 2 is 1.76 bits per heavy atom. The zero-order chi connectivity index (χ0) is 23.5. The van der Waals surface area contributed by atoms with E-state index >= 15 is 0 Å². The van der Waals surface area contributed by atoms with Crippen LogP contribution in [0.25, 0.3) is 10.2 Å². The fourth-order valence-corrected chi connectivity index (χ4v) is 4.60. The van der Waals surface area contributed by atoms with E-state index in [9.17, 15) is 14.4 Å². The Balaban J connectivity index is 1.51. The number of para-hydroxylation sites is 1. The average Bonchev–Trinajstić information content (AvgIpc) is 3.10. The molecule has 0 radical (unpaired) electrons. The summed E-state index contributed by atoms with van der Waals surface area (Å²) in [4.78, 5) is 44.5. The van der Waals surface area contributed by atoms with E-state index in [0.717, 1.165) is 16.0 Å². The number of benzene rings is 2. The summed E-state index contributed by atoms with van der Waals surface area (Å²) in [5.74, 6) is -0.717. The lowest BCUT2D eigenvalue weighted by Crippen LogP contribution is -2.30. The van der Waals surface area contributed by atoms with Crippen molar-refractivity contribution in [1.82, 2.24) is 14.9 Å². The number of amides is 2. The smallest absolute Gasteiger partial charge is 0.262 e. The fourth-order valence-electron chi connectivity index (χ4n) is 3.62. The molecule has 168 valence electrons. The summed E-state index contributed by atoms with van der Waals surface area (Å²) < 4.78 is 1.29. The highest BCUT2D eigenvalue weighted by atomic mass is 32.1. The summed E-state index contributed by atoms with van der Waals surface area (Å²) in [6, 6.07) is 16.2. The summed E-state index contributed by atoms with van der Waals surface area (Å²) in [6.07, 6.45) is 1.39. The summed E-state index contributed by atoms with van der Waals surface area (Å²) in [5.41, 5.74) is 2.34. The maximum Gasteiger partial charge on any atom is 0.262 e. The molecule has 0 bridgehead atoms. The van der Waals surface area contributed by atoms with Crippen LogP contribution in [0.4, 0.5) is 5.69 Å². The second-order valence-corrected chi connectivity index (χ2v) is 9.04. The highest BCUT2D eigenvalue weighted by Gasteiger charge is 2.17. The topological polar surface area (TPSA) is 93.1 Å². The van der Waals surface area contributed by atoms with Crippen molar-refractivity contribution in [3.63, 3.8) is 0 Å². The minimum Gasteiger partial charge on any atom is -0.345 e. The normalized spacial score (nSPS) is 11.8. The number of hydrogen-bond acceptors (Lipinski definition) is 5. The van der Waals surface area contributed by atoms with Crippen molar-refractivity contribution in [3.05, 3.63) is 92.8 Å². The van der Waals surface area contributed by atoms with E-state index in [1.54, 1.807) is 24.3 Å². The van der Waals surface area contributed by atoms with Gasteiger partial charge in [-0.05, 0) is 44.0 Å². The van der Waals surface area contributed by atoms with E-state index < -0.39 is 5.91 Å². The van der Waals surface area contributed by atoms with Crippen molar-refractivity contribution >= 4 is 39.1 Å². The zero-order valence-corrected chi connectivity index (χ0v) is 19.4. The van der Waals surface area contributed by atoms with Gasteiger partial charge >= 0.3 is 0 Å². The van der Waals surface area contributed by atoms with Crippen LogP contribution in [0.2, 0.25) is 0 Å². The Labute approximate surface area is 195 Å². The molecule has 4 rings (SSSR count). The van der Waals surface area contributed by atoms with Gasteiger partial charge in [0.2, 0.25) is 5.91 Å². The number of aromatic nitrogens is 2. The summed E-state index contributed by atoms with van der Waals surface area (Å²) in [5, 5.41) is 6.27. The van der Waals surface area contributed by atoms with Crippen LogP contribution in [0.3, 0.4) is 0 Å². The zero-order valence-electron chi connectivity index (χ0n) is 18.6. The van der Waals surface area contributed by atoms with Crippen LogP contribution in [-0.2, 0) is 11.3 Å². The standard InChI is InChI=1S/C25H24N4O3S/c1-15-17(3)33-24-22(15)25(32)29(14-26-24)13-21(30)28-20-12-8-7-11-19(20)23(31)27-16(2)18-9-5-4-6-10-18/h4-12,14,16H,13H2,1-3H3,(H,27,31)(H,28,30). The van der Waals surface area contributed by atoms with E-state index in [-0.39, 0.29) is 24.1 Å². The van der Waals surface area contributed by atoms with Crippen LogP contribution in [0.1, 0.15) is 39.3 Å². The van der Waals surface area contributed by atoms with Crippen molar-refractivity contribution in [3.8, 4) is 0 Å². The van der Waals surface area contributed by atoms with Gasteiger partial charge in [0, 0.05) is 4.88 Å². The maximum atomic E-state index is 12.9. The number of rotatable bonds is 6. The summed E-state index contributed by atoms with van der Waals surface area (Å²) >= 11 is 1.46. The number of fused-ring (bicyclic) bond motifs is 1. The second-order valence-electron chi connectivity index (χ2n) is 7.84. The number of nitrogens with one attached hydrogen (secondary N) is 2. The molecule has 1 unspecified atom stereocenters. The first-order valence-electron chi connectivity index (χ1n) is 10.5. The highest BCUT2D eigenvalue weighted by Crippen LogP contribution is 2.25. The molecule has 2 amide bonds. The van der Waals surface area contributed by atoms with Crippen LogP contribution in [0, 0.1) is 13.8 Å². The van der Waals surface area contributed by atoms with Gasteiger partial charge in [-0.15, -0.1) is 11.3 Å². The average molecular weight is 461 g/mol. The Hall–Kier alpha value is -3.78. The molecular formula is C25H24N4O3S. The molecule has 0 fully saturated rings. The largest absolute Gasteiger partial charge is 0.345 e. The van der Waals surface area contributed by atoms with Gasteiger partial charge in [-0.1, -0.05) is 42.5 Å². The quantitative estimate of drug-likeness (QED) is 0.451. The van der Waals surface area contributed by atoms with E-state index in [1.807, 2.05) is 51.1 Å². The molecule has 0 aliphatic rings. The van der Waals surface area contributed by atoms with E-state index in [4.69, 9.17) is 0 Å². The molecular weight excluding hydrogens is 436 g/mol. The monoisotopic (exact) mass is 460 g/mol. The first-order chi connectivity index (χ1) is 15.8. The van der Waals surface area contributed by atoms with Crippen molar-refractivity contribution < 1.29 is 9.59 Å². The van der Waals surface area contributed by atoms with Gasteiger partial charge in [0.05, 0.1) is 29.0 Å². The number of thiophene rings is 1. The molecule has 2 N–H and O–H groups in total. The lowest BCUT2D eigenvalue weighted by Gasteiger charge is -2.16. The molecule has 0 aliphatic carbocycles. The van der Waals surface area contributed by atoms with Crippen molar-refractivity contribution in [2.24, 2.45) is 0 Å². The van der Waals surface area contributed by atoms with Crippen LogP contribution in [0.5, 0.6) is 0 Å². The molecule has 2 aromatic heterocycles. The fraction of sp³-hybridized carbons (Fsp3) is 0.200. The number of carbonyl (C=O) groups is 2. The molecule has 8 heteroatoms. The lowest BCUT2D eigenvalue weighted by atomic mass is 10.1. The van der Waals surface area contributed by atoms with Crippen LogP contribution < -0.4 is 16.2 Å². The van der Waals surface area contributed by atoms with Gasteiger partial charge in [-0.3, -0.25) is 19.0 Å². The number of nitrogens with zero attached hydrogens (tertiary/aromatic N) is 2. The third-order valence-electron chi connectivity index (χ3n) is 5.56. The summed E-state index contributed by atoms with van der Waals surface area (Å²) in [7, 11) is 0. The van der Waals surface area contributed by atoms with E-state index in [1.165, 1.54) is 22.2 Å². The molecule has 0 aliphatic heterocycles. The number of anilines is 1. The van der Waals surface area contributed by atoms with Gasteiger partial charge in [0.1, 0.15) is 11.4 Å². The highest BCUT2D eigenvalue weighted by molar-refractivity contribution is 7.18. The van der Waals surface area contributed by atoms with Crippen LogP contribution in [-0.4, -0.2) is 21.4 Å². The molecule has 1 atom stereocenters. The van der Waals surface area contributed by atoms with Crippen LogP contribution in [0.15, 0.2) is 65.7 Å². The first-order valence-corrected chi connectivity index (χ1v) is 11.4. The second kappa shape index (κ2) is 9.38. The lowest BCUT2D eigenvalue weighted by molar-refractivity contribution is -0.116. The van der Waals surface area contributed by atoms with E-state index in [0.29, 0.717) is 21.5 Å².